The van der Waals surface area contributed by atoms with Crippen molar-refractivity contribution < 1.29 is 0 Å². The summed E-state index contributed by atoms with van der Waals surface area (Å²) in [5, 5.41) is 8.46. The van der Waals surface area contributed by atoms with Gasteiger partial charge in [-0.15, -0.1) is 10.2 Å². The molecule has 0 aliphatic carbocycles. The van der Waals surface area contributed by atoms with E-state index < -0.39 is 0 Å². The molecule has 0 amide bonds. The fourth-order valence-electron chi connectivity index (χ4n) is 1.20. The van der Waals surface area contributed by atoms with Crippen molar-refractivity contribution in [3.8, 4) is 11.4 Å². The molecule has 72 valence electrons. The molecule has 1 aromatic heterocycles. The molecule has 0 spiro atoms. The van der Waals surface area contributed by atoms with Gasteiger partial charge < -0.3 is 4.57 Å². The molecule has 0 unspecified atom stereocenters. The minimum absolute atomic E-state index is 0.662. The zero-order valence-corrected chi connectivity index (χ0v) is 9.75. The second kappa shape index (κ2) is 3.71. The molecule has 2 rings (SSSR count). The molecule has 0 bridgehead atoms. The van der Waals surface area contributed by atoms with Crippen LogP contribution in [0.25, 0.3) is 11.4 Å². The molecule has 0 radical (unpaired) electrons. The van der Waals surface area contributed by atoms with E-state index in [0.29, 0.717) is 5.02 Å². The van der Waals surface area contributed by atoms with Gasteiger partial charge in [-0.25, -0.2) is 0 Å². The highest BCUT2D eigenvalue weighted by molar-refractivity contribution is 9.10. The number of hydrogen-bond donors (Lipinski definition) is 0. The van der Waals surface area contributed by atoms with Crippen LogP contribution >= 0.6 is 27.5 Å². The largest absolute Gasteiger partial charge is 0.317 e. The fourth-order valence-corrected chi connectivity index (χ4v) is 1.96. The first kappa shape index (κ1) is 9.68. The Morgan fingerprint density at radius 3 is 2.79 bits per heavy atom. The Balaban J connectivity index is 2.58. The van der Waals surface area contributed by atoms with Gasteiger partial charge in [0.2, 0.25) is 0 Å². The van der Waals surface area contributed by atoms with Crippen molar-refractivity contribution in [3.05, 3.63) is 34.0 Å². The molecule has 14 heavy (non-hydrogen) atoms. The van der Waals surface area contributed by atoms with Crippen molar-refractivity contribution >= 4 is 27.5 Å². The summed E-state index contributed by atoms with van der Waals surface area (Å²) in [5.41, 5.74) is 0.884. The Kier molecular flexibility index (Phi) is 2.56. The van der Waals surface area contributed by atoms with Gasteiger partial charge in [0.15, 0.2) is 5.82 Å². The lowest BCUT2D eigenvalue weighted by molar-refractivity contribution is 0.920. The van der Waals surface area contributed by atoms with E-state index in [-0.39, 0.29) is 0 Å². The molecule has 0 fully saturated rings. The first-order chi connectivity index (χ1) is 6.68. The number of benzene rings is 1. The van der Waals surface area contributed by atoms with Crippen LogP contribution in [0, 0.1) is 0 Å². The SMILES string of the molecule is Cn1cnnc1-c1ccc(Br)cc1Cl. The maximum atomic E-state index is 6.08. The first-order valence-corrected chi connectivity index (χ1v) is 5.15. The molecule has 0 N–H and O–H groups in total. The molecule has 5 heteroatoms. The number of rotatable bonds is 1. The zero-order valence-electron chi connectivity index (χ0n) is 7.41. The van der Waals surface area contributed by atoms with Crippen molar-refractivity contribution in [2.24, 2.45) is 7.05 Å². The van der Waals surface area contributed by atoms with E-state index in [2.05, 4.69) is 26.1 Å². The molecule has 0 atom stereocenters. The summed E-state index contributed by atoms with van der Waals surface area (Å²) in [4.78, 5) is 0. The lowest BCUT2D eigenvalue weighted by Crippen LogP contribution is -1.91. The fraction of sp³-hybridized carbons (Fsp3) is 0.111. The third-order valence-corrected chi connectivity index (χ3v) is 2.69. The van der Waals surface area contributed by atoms with Gasteiger partial charge >= 0.3 is 0 Å². The van der Waals surface area contributed by atoms with Gasteiger partial charge in [-0.2, -0.15) is 0 Å². The van der Waals surface area contributed by atoms with Gasteiger partial charge in [0, 0.05) is 17.1 Å². The molecular formula is C9H7BrClN3. The summed E-state index contributed by atoms with van der Waals surface area (Å²) in [6, 6.07) is 5.68. The van der Waals surface area contributed by atoms with Crippen LogP contribution in [0.4, 0.5) is 0 Å². The maximum Gasteiger partial charge on any atom is 0.164 e. The first-order valence-electron chi connectivity index (χ1n) is 3.98. The Morgan fingerprint density at radius 2 is 2.21 bits per heavy atom. The quantitative estimate of drug-likeness (QED) is 0.799. The van der Waals surface area contributed by atoms with Crippen LogP contribution < -0.4 is 0 Å². The third-order valence-electron chi connectivity index (χ3n) is 1.88. The highest BCUT2D eigenvalue weighted by Gasteiger charge is 2.08. The summed E-state index contributed by atoms with van der Waals surface area (Å²) < 4.78 is 2.78. The predicted molar refractivity (Wildman–Crippen MR) is 59.1 cm³/mol. The Bertz CT molecular complexity index is 467. The van der Waals surface area contributed by atoms with E-state index in [4.69, 9.17) is 11.6 Å². The van der Waals surface area contributed by atoms with Gasteiger partial charge in [0.05, 0.1) is 5.02 Å². The minimum Gasteiger partial charge on any atom is -0.317 e. The normalized spacial score (nSPS) is 10.5. The molecule has 3 nitrogen and oxygen atoms in total. The Labute approximate surface area is 94.9 Å². The number of hydrogen-bond acceptors (Lipinski definition) is 2. The van der Waals surface area contributed by atoms with Crippen molar-refractivity contribution in [1.29, 1.82) is 0 Å². The molecule has 2 aromatic rings. The Morgan fingerprint density at radius 1 is 1.43 bits per heavy atom. The van der Waals surface area contributed by atoms with Gasteiger partial charge in [-0.05, 0) is 18.2 Å². The van der Waals surface area contributed by atoms with Crippen molar-refractivity contribution in [1.82, 2.24) is 14.8 Å². The van der Waals surface area contributed by atoms with E-state index in [1.807, 2.05) is 29.8 Å². The van der Waals surface area contributed by atoms with E-state index in [0.717, 1.165) is 15.9 Å². The zero-order chi connectivity index (χ0) is 10.1. The summed E-state index contributed by atoms with van der Waals surface area (Å²) >= 11 is 9.43. The predicted octanol–water partition coefficient (Wildman–Crippen LogP) is 2.90. The van der Waals surface area contributed by atoms with Crippen LogP contribution in [0.2, 0.25) is 5.02 Å². The molecule has 1 heterocycles. The lowest BCUT2D eigenvalue weighted by atomic mass is 10.2. The lowest BCUT2D eigenvalue weighted by Gasteiger charge is -2.03. The summed E-state index contributed by atoms with van der Waals surface area (Å²) in [6.45, 7) is 0. The third kappa shape index (κ3) is 1.67. The van der Waals surface area contributed by atoms with Crippen LogP contribution in [-0.2, 0) is 7.05 Å². The number of aromatic nitrogens is 3. The van der Waals surface area contributed by atoms with E-state index >= 15 is 0 Å². The average Bonchev–Trinajstić information content (AvgIpc) is 2.52. The highest BCUT2D eigenvalue weighted by Crippen LogP contribution is 2.28. The molecule has 0 aliphatic heterocycles. The molecule has 1 aromatic carbocycles. The smallest absolute Gasteiger partial charge is 0.164 e. The second-order valence-corrected chi connectivity index (χ2v) is 4.21. The van der Waals surface area contributed by atoms with Crippen molar-refractivity contribution in [2.45, 2.75) is 0 Å². The van der Waals surface area contributed by atoms with E-state index in [1.54, 1.807) is 6.33 Å². The number of nitrogens with zero attached hydrogens (tertiary/aromatic N) is 3. The molecule has 0 saturated carbocycles. The standard InChI is InChI=1S/C9H7BrClN3/c1-14-5-12-13-9(14)7-3-2-6(10)4-8(7)11/h2-5H,1H3. The van der Waals surface area contributed by atoms with Crippen LogP contribution in [0.15, 0.2) is 29.0 Å². The summed E-state index contributed by atoms with van der Waals surface area (Å²) in [5.74, 6) is 0.766. The average molecular weight is 273 g/mol. The van der Waals surface area contributed by atoms with Gasteiger partial charge in [-0.1, -0.05) is 27.5 Å². The van der Waals surface area contributed by atoms with E-state index in [1.165, 1.54) is 0 Å². The van der Waals surface area contributed by atoms with Crippen molar-refractivity contribution in [2.75, 3.05) is 0 Å². The van der Waals surface area contributed by atoms with Crippen molar-refractivity contribution in [3.63, 3.8) is 0 Å². The van der Waals surface area contributed by atoms with Crippen LogP contribution in [0.1, 0.15) is 0 Å². The summed E-state index contributed by atoms with van der Waals surface area (Å²) in [7, 11) is 1.88. The minimum atomic E-state index is 0.662. The van der Waals surface area contributed by atoms with Gasteiger partial charge in [0.1, 0.15) is 6.33 Å². The van der Waals surface area contributed by atoms with Crippen LogP contribution in [0.3, 0.4) is 0 Å². The molecular weight excluding hydrogens is 265 g/mol. The monoisotopic (exact) mass is 271 g/mol. The van der Waals surface area contributed by atoms with Crippen LogP contribution in [0.5, 0.6) is 0 Å². The topological polar surface area (TPSA) is 30.7 Å². The molecule has 0 aliphatic rings. The number of halogens is 2. The van der Waals surface area contributed by atoms with Gasteiger partial charge in [-0.3, -0.25) is 0 Å². The van der Waals surface area contributed by atoms with E-state index in [9.17, 15) is 0 Å². The molecule has 0 saturated heterocycles. The summed E-state index contributed by atoms with van der Waals surface area (Å²) in [6.07, 6.45) is 1.65. The highest BCUT2D eigenvalue weighted by atomic mass is 79.9. The van der Waals surface area contributed by atoms with Gasteiger partial charge in [0.25, 0.3) is 0 Å². The maximum absolute atomic E-state index is 6.08. The second-order valence-electron chi connectivity index (χ2n) is 2.89. The number of aryl methyl sites for hydroxylation is 1. The Hall–Kier alpha value is -0.870. The van der Waals surface area contributed by atoms with Crippen LogP contribution in [-0.4, -0.2) is 14.8 Å².